The van der Waals surface area contributed by atoms with Crippen LogP contribution in [-0.4, -0.2) is 60.0 Å². The molecule has 7 nitrogen and oxygen atoms in total. The Bertz CT molecular complexity index is 1060. The second-order valence-electron chi connectivity index (χ2n) is 6.70. The maximum Gasteiger partial charge on any atom is 0.401 e. The van der Waals surface area contributed by atoms with Crippen LogP contribution in [0.15, 0.2) is 17.0 Å². The normalized spacial score (nSPS) is 12.6. The zero-order chi connectivity index (χ0) is 22.3. The lowest BCUT2D eigenvalue weighted by molar-refractivity contribution is -0.144. The van der Waals surface area contributed by atoms with E-state index in [1.807, 2.05) is 0 Å². The molecule has 1 aromatic carbocycles. The molecule has 0 saturated heterocycles. The van der Waals surface area contributed by atoms with Crippen LogP contribution < -0.4 is 0 Å². The zero-order valence-electron chi connectivity index (χ0n) is 16.0. The van der Waals surface area contributed by atoms with Crippen LogP contribution in [-0.2, 0) is 23.4 Å². The summed E-state index contributed by atoms with van der Waals surface area (Å²) in [5, 5.41) is 13.7. The Labute approximate surface area is 170 Å². The molecule has 160 valence electrons. The number of benzene rings is 1. The van der Waals surface area contributed by atoms with E-state index in [0.29, 0.717) is 0 Å². The number of aromatic hydroxyl groups is 1. The molecule has 1 heterocycles. The van der Waals surface area contributed by atoms with Gasteiger partial charge in [-0.3, -0.25) is 9.69 Å². The molecule has 0 saturated carbocycles. The Kier molecular flexibility index (Phi) is 6.36. The summed E-state index contributed by atoms with van der Waals surface area (Å²) in [6, 6.07) is 2.29. The third-order valence-electron chi connectivity index (χ3n) is 4.14. The van der Waals surface area contributed by atoms with Gasteiger partial charge in [0.05, 0.1) is 22.2 Å². The molecule has 0 bridgehead atoms. The van der Waals surface area contributed by atoms with E-state index < -0.39 is 40.8 Å². The van der Waals surface area contributed by atoms with Crippen molar-refractivity contribution in [3.63, 3.8) is 0 Å². The molecular formula is C17H19ClF3N3O4S. The van der Waals surface area contributed by atoms with Gasteiger partial charge in [0.1, 0.15) is 5.56 Å². The molecule has 0 unspecified atom stereocenters. The number of aryl methyl sites for hydroxylation is 2. The van der Waals surface area contributed by atoms with Crippen molar-refractivity contribution in [2.24, 2.45) is 7.05 Å². The second-order valence-corrected chi connectivity index (χ2v) is 9.06. The van der Waals surface area contributed by atoms with Gasteiger partial charge in [-0.15, -0.1) is 0 Å². The number of ketones is 1. The van der Waals surface area contributed by atoms with Crippen LogP contribution >= 0.6 is 11.6 Å². The van der Waals surface area contributed by atoms with Crippen LogP contribution in [0, 0.1) is 6.92 Å². The summed E-state index contributed by atoms with van der Waals surface area (Å²) in [5.41, 5.74) is -0.196. The first kappa shape index (κ1) is 23.2. The average Bonchev–Trinajstić information content (AvgIpc) is 2.78. The summed E-state index contributed by atoms with van der Waals surface area (Å²) < 4.78 is 63.3. The van der Waals surface area contributed by atoms with Crippen LogP contribution in [0.1, 0.15) is 27.2 Å². The van der Waals surface area contributed by atoms with Gasteiger partial charge in [-0.2, -0.15) is 18.3 Å². The Hall–Kier alpha value is -2.11. The van der Waals surface area contributed by atoms with E-state index in [1.54, 1.807) is 0 Å². The molecule has 0 aliphatic heterocycles. The highest BCUT2D eigenvalue weighted by atomic mass is 35.5. The molecule has 0 atom stereocenters. The predicted molar refractivity (Wildman–Crippen MR) is 100.0 cm³/mol. The number of rotatable bonds is 6. The topological polar surface area (TPSA) is 92.5 Å². The fraction of sp³-hybridized carbons (Fsp3) is 0.412. The molecule has 0 aliphatic rings. The van der Waals surface area contributed by atoms with Gasteiger partial charge in [0.2, 0.25) is 11.7 Å². The van der Waals surface area contributed by atoms with Crippen LogP contribution in [0.5, 0.6) is 5.88 Å². The third-order valence-corrected chi connectivity index (χ3v) is 5.75. The van der Waals surface area contributed by atoms with Crippen LogP contribution in [0.2, 0.25) is 5.02 Å². The first-order chi connectivity index (χ1) is 13.1. The zero-order valence-corrected chi connectivity index (χ0v) is 17.6. The van der Waals surface area contributed by atoms with Gasteiger partial charge in [0.25, 0.3) is 0 Å². The minimum absolute atomic E-state index is 0.129. The van der Waals surface area contributed by atoms with Gasteiger partial charge >= 0.3 is 6.18 Å². The molecule has 0 fully saturated rings. The van der Waals surface area contributed by atoms with Crippen molar-refractivity contribution in [1.82, 2.24) is 14.7 Å². The standard InChI is InChI=1S/C17H19ClF3N3O4S/c1-9-13(16(26)24(3)22-9)15(25)10-5-6-12(29(4,27)28)11(14(10)18)7-23(2)8-17(19,20)21/h5-6,26H,7-8H2,1-4H3. The molecule has 29 heavy (non-hydrogen) atoms. The molecule has 1 aromatic heterocycles. The summed E-state index contributed by atoms with van der Waals surface area (Å²) in [7, 11) is -1.26. The van der Waals surface area contributed by atoms with E-state index in [0.717, 1.165) is 29.0 Å². The number of hydrogen-bond acceptors (Lipinski definition) is 6. The van der Waals surface area contributed by atoms with Crippen molar-refractivity contribution in [2.45, 2.75) is 24.5 Å². The van der Waals surface area contributed by atoms with Crippen molar-refractivity contribution in [3.05, 3.63) is 39.5 Å². The highest BCUT2D eigenvalue weighted by molar-refractivity contribution is 7.90. The monoisotopic (exact) mass is 453 g/mol. The third kappa shape index (κ3) is 5.09. The van der Waals surface area contributed by atoms with Crippen molar-refractivity contribution >= 4 is 27.2 Å². The van der Waals surface area contributed by atoms with E-state index >= 15 is 0 Å². The number of halogens is 4. The van der Waals surface area contributed by atoms with E-state index in [-0.39, 0.29) is 32.3 Å². The van der Waals surface area contributed by atoms with Gasteiger partial charge in [-0.05, 0) is 26.1 Å². The Morgan fingerprint density at radius 1 is 1.34 bits per heavy atom. The van der Waals surface area contributed by atoms with Gasteiger partial charge in [0.15, 0.2) is 9.84 Å². The number of sulfone groups is 1. The summed E-state index contributed by atoms with van der Waals surface area (Å²) in [6.07, 6.45) is -3.61. The smallest absolute Gasteiger partial charge is 0.401 e. The summed E-state index contributed by atoms with van der Waals surface area (Å²) in [6.45, 7) is -0.267. The molecule has 2 rings (SSSR count). The second kappa shape index (κ2) is 7.96. The predicted octanol–water partition coefficient (Wildman–Crippen LogP) is 2.72. The first-order valence-electron chi connectivity index (χ1n) is 8.17. The number of alkyl halides is 3. The number of nitrogens with zero attached hydrogens (tertiary/aromatic N) is 3. The van der Waals surface area contributed by atoms with Crippen LogP contribution in [0.25, 0.3) is 0 Å². The van der Waals surface area contributed by atoms with Gasteiger partial charge in [-0.1, -0.05) is 11.6 Å². The lowest BCUT2D eigenvalue weighted by Gasteiger charge is -2.21. The largest absolute Gasteiger partial charge is 0.493 e. The number of carbonyl (C=O) groups excluding carboxylic acids is 1. The van der Waals surface area contributed by atoms with Gasteiger partial charge < -0.3 is 5.11 Å². The summed E-state index contributed by atoms with van der Waals surface area (Å²) >= 11 is 6.29. The highest BCUT2D eigenvalue weighted by Crippen LogP contribution is 2.33. The van der Waals surface area contributed by atoms with Crippen molar-refractivity contribution in [2.75, 3.05) is 19.8 Å². The first-order valence-corrected chi connectivity index (χ1v) is 10.4. The minimum Gasteiger partial charge on any atom is -0.493 e. The number of aromatic nitrogens is 2. The maximum absolute atomic E-state index is 12.9. The maximum atomic E-state index is 12.9. The summed E-state index contributed by atoms with van der Waals surface area (Å²) in [5.74, 6) is -1.13. The van der Waals surface area contributed by atoms with Crippen molar-refractivity contribution in [1.29, 1.82) is 0 Å². The average molecular weight is 454 g/mol. The minimum atomic E-state index is -4.50. The van der Waals surface area contributed by atoms with Crippen molar-refractivity contribution in [3.8, 4) is 5.88 Å². The van der Waals surface area contributed by atoms with E-state index in [4.69, 9.17) is 11.6 Å². The SMILES string of the molecule is Cc1nn(C)c(O)c1C(=O)c1ccc(S(C)(=O)=O)c(CN(C)CC(F)(F)F)c1Cl. The van der Waals surface area contributed by atoms with E-state index in [9.17, 15) is 31.5 Å². The molecule has 0 radical (unpaired) electrons. The lowest BCUT2D eigenvalue weighted by atomic mass is 10.0. The van der Waals surface area contributed by atoms with Crippen LogP contribution in [0.4, 0.5) is 13.2 Å². The van der Waals surface area contributed by atoms with Crippen LogP contribution in [0.3, 0.4) is 0 Å². The van der Waals surface area contributed by atoms with Crippen molar-refractivity contribution < 1.29 is 31.5 Å². The molecule has 0 spiro atoms. The van der Waals surface area contributed by atoms with Gasteiger partial charge in [-0.25, -0.2) is 13.1 Å². The molecule has 2 aromatic rings. The Morgan fingerprint density at radius 2 is 1.93 bits per heavy atom. The summed E-state index contributed by atoms with van der Waals surface area (Å²) in [4.78, 5) is 13.5. The van der Waals surface area contributed by atoms with E-state index in [1.165, 1.54) is 20.0 Å². The highest BCUT2D eigenvalue weighted by Gasteiger charge is 2.31. The number of carbonyl (C=O) groups is 1. The Balaban J connectivity index is 2.61. The number of hydrogen-bond donors (Lipinski definition) is 1. The molecule has 0 amide bonds. The fourth-order valence-corrected chi connectivity index (χ4v) is 4.25. The molecular weight excluding hydrogens is 435 g/mol. The molecule has 12 heteroatoms. The lowest BCUT2D eigenvalue weighted by Crippen LogP contribution is -2.31. The quantitative estimate of drug-likeness (QED) is 0.676. The Morgan fingerprint density at radius 3 is 2.38 bits per heavy atom. The van der Waals surface area contributed by atoms with Gasteiger partial charge in [0, 0.05) is 31.0 Å². The fourth-order valence-electron chi connectivity index (χ4n) is 2.95. The molecule has 1 N–H and O–H groups in total. The van der Waals surface area contributed by atoms with E-state index in [2.05, 4.69) is 5.10 Å². The molecule has 0 aliphatic carbocycles.